The molecule has 2 aliphatic carbocycles. The molecule has 34 heavy (non-hydrogen) atoms. The summed E-state index contributed by atoms with van der Waals surface area (Å²) in [5, 5.41) is 12.3. The van der Waals surface area contributed by atoms with E-state index in [0.717, 1.165) is 24.6 Å². The quantitative estimate of drug-likeness (QED) is 0.469. The van der Waals surface area contributed by atoms with Crippen molar-refractivity contribution < 1.29 is 23.8 Å². The lowest BCUT2D eigenvalue weighted by atomic mass is 9.45. The van der Waals surface area contributed by atoms with Gasteiger partial charge in [0.25, 0.3) is 0 Å². The van der Waals surface area contributed by atoms with Crippen molar-refractivity contribution in [1.29, 1.82) is 0 Å². The van der Waals surface area contributed by atoms with Gasteiger partial charge in [-0.05, 0) is 62.1 Å². The number of hydrogen-bond donors (Lipinski definition) is 1. The molecule has 0 radical (unpaired) electrons. The predicted molar refractivity (Wildman–Crippen MR) is 131 cm³/mol. The summed E-state index contributed by atoms with van der Waals surface area (Å²) < 4.78 is 17.5. The number of fused-ring (bicyclic) bond motifs is 2. The van der Waals surface area contributed by atoms with Crippen LogP contribution in [0.1, 0.15) is 67.2 Å². The SMILES string of the molecule is CC(C)C(=O)OC1CCC2(C)C(COc3ccc4ccc(=O)oc4c3)C(C)(O)CCC2C1(C)C. The number of aliphatic hydroxyl groups is 1. The van der Waals surface area contributed by atoms with Crippen molar-refractivity contribution in [2.45, 2.75) is 78.9 Å². The van der Waals surface area contributed by atoms with Gasteiger partial charge in [0.15, 0.2) is 0 Å². The maximum atomic E-state index is 12.4. The highest BCUT2D eigenvalue weighted by Gasteiger charge is 2.61. The van der Waals surface area contributed by atoms with Gasteiger partial charge in [-0.1, -0.05) is 34.6 Å². The van der Waals surface area contributed by atoms with Crippen LogP contribution in [0.5, 0.6) is 5.75 Å². The van der Waals surface area contributed by atoms with Gasteiger partial charge in [-0.3, -0.25) is 4.79 Å². The molecule has 6 nitrogen and oxygen atoms in total. The number of esters is 1. The minimum absolute atomic E-state index is 0.0988. The first-order chi connectivity index (χ1) is 15.8. The van der Waals surface area contributed by atoms with Crippen LogP contribution in [0.4, 0.5) is 0 Å². The molecule has 1 heterocycles. The van der Waals surface area contributed by atoms with Crippen LogP contribution in [0.25, 0.3) is 11.0 Å². The molecule has 1 aromatic heterocycles. The maximum absolute atomic E-state index is 12.4. The van der Waals surface area contributed by atoms with Crippen LogP contribution >= 0.6 is 0 Å². The first-order valence-corrected chi connectivity index (χ1v) is 12.4. The Balaban J connectivity index is 1.57. The van der Waals surface area contributed by atoms with Crippen LogP contribution in [0.15, 0.2) is 39.5 Å². The second kappa shape index (κ2) is 8.71. The summed E-state index contributed by atoms with van der Waals surface area (Å²) in [5.74, 6) is 0.499. The van der Waals surface area contributed by atoms with Crippen LogP contribution in [-0.2, 0) is 9.53 Å². The van der Waals surface area contributed by atoms with Crippen LogP contribution in [0, 0.1) is 28.6 Å². The molecule has 2 saturated carbocycles. The Kier molecular flexibility index (Phi) is 6.34. The Morgan fingerprint density at radius 1 is 1.12 bits per heavy atom. The fraction of sp³-hybridized carbons (Fsp3) is 0.643. The monoisotopic (exact) mass is 470 g/mol. The minimum atomic E-state index is -0.869. The fourth-order valence-corrected chi connectivity index (χ4v) is 6.67. The zero-order chi connectivity index (χ0) is 24.9. The van der Waals surface area contributed by atoms with E-state index in [4.69, 9.17) is 13.9 Å². The highest BCUT2D eigenvalue weighted by atomic mass is 16.5. The van der Waals surface area contributed by atoms with Crippen LogP contribution in [0.2, 0.25) is 0 Å². The molecule has 1 aromatic carbocycles. The first-order valence-electron chi connectivity index (χ1n) is 12.4. The highest BCUT2D eigenvalue weighted by molar-refractivity contribution is 5.77. The van der Waals surface area contributed by atoms with Crippen molar-refractivity contribution in [3.8, 4) is 5.75 Å². The molecule has 0 spiro atoms. The summed E-state index contributed by atoms with van der Waals surface area (Å²) in [4.78, 5) is 24.0. The molecule has 4 rings (SSSR count). The van der Waals surface area contributed by atoms with E-state index >= 15 is 0 Å². The molecule has 0 amide bonds. The molecular weight excluding hydrogens is 432 g/mol. The van der Waals surface area contributed by atoms with Gasteiger partial charge in [0.1, 0.15) is 17.4 Å². The van der Waals surface area contributed by atoms with E-state index in [1.54, 1.807) is 12.1 Å². The summed E-state index contributed by atoms with van der Waals surface area (Å²) >= 11 is 0. The average molecular weight is 471 g/mol. The lowest BCUT2D eigenvalue weighted by molar-refractivity contribution is -0.212. The lowest BCUT2D eigenvalue weighted by Gasteiger charge is -2.62. The van der Waals surface area contributed by atoms with Gasteiger partial charge in [-0.2, -0.15) is 0 Å². The summed E-state index contributed by atoms with van der Waals surface area (Å²) in [6.45, 7) is 12.7. The third-order valence-electron chi connectivity index (χ3n) is 8.70. The summed E-state index contributed by atoms with van der Waals surface area (Å²) in [6, 6.07) is 8.61. The summed E-state index contributed by atoms with van der Waals surface area (Å²) in [7, 11) is 0. The molecule has 2 fully saturated rings. The lowest BCUT2D eigenvalue weighted by Crippen LogP contribution is -2.62. The molecule has 1 N–H and O–H groups in total. The van der Waals surface area contributed by atoms with E-state index < -0.39 is 11.2 Å². The standard InChI is InChI=1S/C28H38O6/c1-17(2)25(30)34-23-12-13-27(5)21(26(23,3)4)11-14-28(6,31)22(27)16-32-19-9-7-18-8-10-24(29)33-20(18)15-19/h7-10,15,17,21-23,31H,11-14,16H2,1-6H3. The van der Waals surface area contributed by atoms with Gasteiger partial charge in [0.2, 0.25) is 0 Å². The average Bonchev–Trinajstić information content (AvgIpc) is 2.74. The number of carbonyl (C=O) groups excluding carboxylic acids is 1. The number of ether oxygens (including phenoxy) is 2. The Hall–Kier alpha value is -2.34. The van der Waals surface area contributed by atoms with Crippen molar-refractivity contribution >= 4 is 16.9 Å². The number of benzene rings is 1. The van der Waals surface area contributed by atoms with Gasteiger partial charge >= 0.3 is 11.6 Å². The summed E-state index contributed by atoms with van der Waals surface area (Å²) in [6.07, 6.45) is 3.04. The smallest absolute Gasteiger partial charge is 0.336 e. The molecule has 0 aliphatic heterocycles. The Morgan fingerprint density at radius 3 is 2.53 bits per heavy atom. The molecule has 0 saturated heterocycles. The number of rotatable bonds is 5. The molecule has 5 unspecified atom stereocenters. The van der Waals surface area contributed by atoms with E-state index in [-0.39, 0.29) is 40.7 Å². The second-order valence-electron chi connectivity index (χ2n) is 11.7. The highest BCUT2D eigenvalue weighted by Crippen LogP contribution is 2.62. The minimum Gasteiger partial charge on any atom is -0.493 e. The van der Waals surface area contributed by atoms with Crippen molar-refractivity contribution in [2.24, 2.45) is 28.6 Å². The zero-order valence-electron chi connectivity index (χ0n) is 21.2. The van der Waals surface area contributed by atoms with Crippen LogP contribution in [0.3, 0.4) is 0 Å². The van der Waals surface area contributed by atoms with Crippen molar-refractivity contribution in [3.63, 3.8) is 0 Å². The topological polar surface area (TPSA) is 86.0 Å². The van der Waals surface area contributed by atoms with E-state index in [0.29, 0.717) is 24.4 Å². The Labute approximate surface area is 201 Å². The normalized spacial score (nSPS) is 32.9. The van der Waals surface area contributed by atoms with Gasteiger partial charge < -0.3 is 19.0 Å². The van der Waals surface area contributed by atoms with Gasteiger partial charge in [0, 0.05) is 28.9 Å². The Bertz CT molecular complexity index is 1110. The molecule has 2 aliphatic rings. The van der Waals surface area contributed by atoms with Crippen LogP contribution in [-0.4, -0.2) is 29.4 Å². The van der Waals surface area contributed by atoms with Gasteiger partial charge in [-0.25, -0.2) is 4.79 Å². The van der Waals surface area contributed by atoms with Gasteiger partial charge in [-0.15, -0.1) is 0 Å². The zero-order valence-corrected chi connectivity index (χ0v) is 21.2. The third-order valence-corrected chi connectivity index (χ3v) is 8.70. The van der Waals surface area contributed by atoms with Crippen molar-refractivity contribution in [2.75, 3.05) is 6.61 Å². The predicted octanol–water partition coefficient (Wildman–Crippen LogP) is 5.34. The first kappa shape index (κ1) is 24.8. The molecule has 0 bridgehead atoms. The van der Waals surface area contributed by atoms with Gasteiger partial charge in [0.05, 0.1) is 18.1 Å². The molecule has 2 aromatic rings. The number of hydrogen-bond acceptors (Lipinski definition) is 6. The van der Waals surface area contributed by atoms with E-state index in [1.165, 1.54) is 6.07 Å². The molecular formula is C28H38O6. The Morgan fingerprint density at radius 2 is 1.82 bits per heavy atom. The second-order valence-corrected chi connectivity index (χ2v) is 11.7. The van der Waals surface area contributed by atoms with E-state index in [1.807, 2.05) is 32.9 Å². The maximum Gasteiger partial charge on any atom is 0.336 e. The molecule has 6 heteroatoms. The van der Waals surface area contributed by atoms with Crippen molar-refractivity contribution in [3.05, 3.63) is 40.8 Å². The number of carbonyl (C=O) groups is 1. The third kappa shape index (κ3) is 4.37. The van der Waals surface area contributed by atoms with E-state index in [2.05, 4.69) is 20.8 Å². The largest absolute Gasteiger partial charge is 0.493 e. The van der Waals surface area contributed by atoms with Crippen molar-refractivity contribution in [1.82, 2.24) is 0 Å². The van der Waals surface area contributed by atoms with Crippen LogP contribution < -0.4 is 10.4 Å². The molecule has 186 valence electrons. The summed E-state index contributed by atoms with van der Waals surface area (Å²) in [5.41, 5.74) is -1.16. The van der Waals surface area contributed by atoms with E-state index in [9.17, 15) is 14.7 Å². The molecule has 5 atom stereocenters. The fourth-order valence-electron chi connectivity index (χ4n) is 6.67.